The number of hydrogen-bond donors (Lipinski definition) is 0. The number of non-ortho nitro benzene ring substituents is 1. The summed E-state index contributed by atoms with van der Waals surface area (Å²) in [6, 6.07) is 4.18. The van der Waals surface area contributed by atoms with Crippen LogP contribution in [0.2, 0.25) is 0 Å². The lowest BCUT2D eigenvalue weighted by atomic mass is 10.2. The number of nitro benzene ring substituents is 1. The zero-order chi connectivity index (χ0) is 18.0. The van der Waals surface area contributed by atoms with Crippen LogP contribution in [0.5, 0.6) is 5.88 Å². The van der Waals surface area contributed by atoms with Gasteiger partial charge < -0.3 is 14.9 Å². The number of aryl methyl sites for hydroxylation is 1. The predicted molar refractivity (Wildman–Crippen MR) is 85.3 cm³/mol. The smallest absolute Gasteiger partial charge is 0.342 e. The number of ether oxygens (including phenoxy) is 1. The van der Waals surface area contributed by atoms with Crippen molar-refractivity contribution < 1.29 is 14.6 Å². The molecule has 0 aliphatic heterocycles. The van der Waals surface area contributed by atoms with Gasteiger partial charge in [-0.1, -0.05) is 0 Å². The van der Waals surface area contributed by atoms with E-state index in [4.69, 9.17) is 4.74 Å². The maximum atomic E-state index is 11.0. The van der Waals surface area contributed by atoms with Crippen molar-refractivity contribution in [2.24, 2.45) is 0 Å². The van der Waals surface area contributed by atoms with Crippen molar-refractivity contribution in [3.8, 4) is 5.88 Å². The minimum absolute atomic E-state index is 0.0762. The Hall–Kier alpha value is -3.63. The summed E-state index contributed by atoms with van der Waals surface area (Å²) in [5, 5.41) is 22.3. The van der Waals surface area contributed by atoms with E-state index in [9.17, 15) is 20.2 Å². The van der Waals surface area contributed by atoms with Crippen LogP contribution < -0.4 is 4.74 Å². The number of benzene rings is 1. The molecule has 0 saturated carbocycles. The molecule has 3 aromatic rings. The van der Waals surface area contributed by atoms with Gasteiger partial charge in [0.1, 0.15) is 25.7 Å². The van der Waals surface area contributed by atoms with Gasteiger partial charge in [0.2, 0.25) is 5.88 Å². The molecule has 128 valence electrons. The van der Waals surface area contributed by atoms with E-state index >= 15 is 0 Å². The largest absolute Gasteiger partial charge is 0.473 e. The van der Waals surface area contributed by atoms with Crippen molar-refractivity contribution in [3.05, 3.63) is 56.8 Å². The molecule has 1 aromatic carbocycles. The fraction of sp³-hybridized carbons (Fsp3) is 0.214. The molecule has 0 aliphatic carbocycles. The molecule has 11 heteroatoms. The molecule has 2 heterocycles. The lowest BCUT2D eigenvalue weighted by Gasteiger charge is -2.07. The van der Waals surface area contributed by atoms with Crippen molar-refractivity contribution >= 4 is 22.4 Å². The SMILES string of the molecule is Cc1ncc([N+](=O)[O-])n1CCOc1ncnc2ccc([N+](=O)[O-])cc12. The molecule has 0 fully saturated rings. The van der Waals surface area contributed by atoms with Crippen LogP contribution in [0.1, 0.15) is 5.82 Å². The van der Waals surface area contributed by atoms with E-state index < -0.39 is 9.85 Å². The van der Waals surface area contributed by atoms with Crippen molar-refractivity contribution in [1.82, 2.24) is 19.5 Å². The van der Waals surface area contributed by atoms with Crippen LogP contribution in [0.4, 0.5) is 11.5 Å². The molecule has 25 heavy (non-hydrogen) atoms. The highest BCUT2D eigenvalue weighted by molar-refractivity contribution is 5.85. The van der Waals surface area contributed by atoms with Crippen molar-refractivity contribution in [3.63, 3.8) is 0 Å². The Morgan fingerprint density at radius 1 is 1.16 bits per heavy atom. The van der Waals surface area contributed by atoms with Crippen LogP contribution in [-0.4, -0.2) is 36.0 Å². The highest BCUT2D eigenvalue weighted by Gasteiger charge is 2.18. The Bertz CT molecular complexity index is 970. The summed E-state index contributed by atoms with van der Waals surface area (Å²) in [4.78, 5) is 32.8. The highest BCUT2D eigenvalue weighted by Crippen LogP contribution is 2.26. The van der Waals surface area contributed by atoms with Crippen molar-refractivity contribution in [1.29, 1.82) is 0 Å². The fourth-order valence-electron chi connectivity index (χ4n) is 2.36. The molecule has 2 aromatic heterocycles. The standard InChI is InChI=1S/C14H12N6O5/c1-9-15-7-13(20(23)24)18(9)4-5-25-14-11-6-10(19(21)22)2-3-12(11)16-8-17-14/h2-3,6-8H,4-5H2,1H3. The van der Waals surface area contributed by atoms with E-state index in [0.29, 0.717) is 16.7 Å². The van der Waals surface area contributed by atoms with Crippen LogP contribution in [0.15, 0.2) is 30.7 Å². The number of rotatable bonds is 6. The van der Waals surface area contributed by atoms with Crippen LogP contribution in [0.3, 0.4) is 0 Å². The molecule has 0 amide bonds. The number of hydrogen-bond acceptors (Lipinski definition) is 8. The van der Waals surface area contributed by atoms with Gasteiger partial charge in [-0.25, -0.2) is 19.5 Å². The minimum atomic E-state index is -0.524. The molecule has 0 atom stereocenters. The first-order chi connectivity index (χ1) is 12.0. The Balaban J connectivity index is 1.82. The number of nitrogens with zero attached hydrogens (tertiary/aromatic N) is 6. The van der Waals surface area contributed by atoms with Crippen molar-refractivity contribution in [2.75, 3.05) is 6.61 Å². The summed E-state index contributed by atoms with van der Waals surface area (Å²) in [6.45, 7) is 1.91. The van der Waals surface area contributed by atoms with Crippen LogP contribution >= 0.6 is 0 Å². The maximum Gasteiger partial charge on any atom is 0.342 e. The second kappa shape index (κ2) is 6.47. The van der Waals surface area contributed by atoms with Gasteiger partial charge in [0.05, 0.1) is 15.8 Å². The van der Waals surface area contributed by atoms with Gasteiger partial charge in [-0.05, 0) is 11.0 Å². The van der Waals surface area contributed by atoms with E-state index in [1.807, 2.05) is 0 Å². The quantitative estimate of drug-likeness (QED) is 0.489. The van der Waals surface area contributed by atoms with Gasteiger partial charge in [-0.15, -0.1) is 0 Å². The molecule has 0 radical (unpaired) electrons. The van der Waals surface area contributed by atoms with Crippen LogP contribution in [-0.2, 0) is 6.54 Å². The molecule has 0 saturated heterocycles. The van der Waals surface area contributed by atoms with E-state index in [2.05, 4.69) is 15.0 Å². The third kappa shape index (κ3) is 3.20. The molecule has 0 bridgehead atoms. The topological polar surface area (TPSA) is 139 Å². The number of imidazole rings is 1. The first kappa shape index (κ1) is 16.2. The monoisotopic (exact) mass is 344 g/mol. The zero-order valence-electron chi connectivity index (χ0n) is 13.0. The summed E-state index contributed by atoms with van der Waals surface area (Å²) in [6.07, 6.45) is 2.47. The summed E-state index contributed by atoms with van der Waals surface area (Å²) in [7, 11) is 0. The molecule has 0 N–H and O–H groups in total. The summed E-state index contributed by atoms with van der Waals surface area (Å²) in [5.74, 6) is 0.525. The molecular weight excluding hydrogens is 332 g/mol. The molecule has 0 aliphatic rings. The summed E-state index contributed by atoms with van der Waals surface area (Å²) in [5.41, 5.74) is 0.397. The fourth-order valence-corrected chi connectivity index (χ4v) is 2.36. The van der Waals surface area contributed by atoms with E-state index in [1.165, 1.54) is 35.3 Å². The molecule has 11 nitrogen and oxygen atoms in total. The lowest BCUT2D eigenvalue weighted by molar-refractivity contribution is -0.392. The van der Waals surface area contributed by atoms with E-state index in [-0.39, 0.29) is 30.5 Å². The lowest BCUT2D eigenvalue weighted by Crippen LogP contribution is -2.12. The average molecular weight is 344 g/mol. The second-order valence-electron chi connectivity index (χ2n) is 5.06. The number of fused-ring (bicyclic) bond motifs is 1. The molecule has 3 rings (SSSR count). The summed E-state index contributed by atoms with van der Waals surface area (Å²) < 4.78 is 6.98. The highest BCUT2D eigenvalue weighted by atomic mass is 16.6. The van der Waals surface area contributed by atoms with Gasteiger partial charge >= 0.3 is 5.82 Å². The predicted octanol–water partition coefficient (Wildman–Crippen LogP) is 2.03. The first-order valence-corrected chi connectivity index (χ1v) is 7.16. The van der Waals surface area contributed by atoms with Crippen molar-refractivity contribution in [2.45, 2.75) is 13.5 Å². The van der Waals surface area contributed by atoms with Gasteiger partial charge in [0.15, 0.2) is 5.82 Å². The molecular formula is C14H12N6O5. The van der Waals surface area contributed by atoms with Gasteiger partial charge in [0.25, 0.3) is 5.69 Å². The van der Waals surface area contributed by atoms with E-state index in [0.717, 1.165) is 0 Å². The van der Waals surface area contributed by atoms with Crippen LogP contribution in [0.25, 0.3) is 10.9 Å². The third-order valence-electron chi connectivity index (χ3n) is 3.57. The number of nitro groups is 2. The Morgan fingerprint density at radius 3 is 2.68 bits per heavy atom. The number of aromatic nitrogens is 4. The average Bonchev–Trinajstić information content (AvgIpc) is 2.95. The van der Waals surface area contributed by atoms with Gasteiger partial charge in [-0.3, -0.25) is 10.1 Å². The second-order valence-corrected chi connectivity index (χ2v) is 5.06. The van der Waals surface area contributed by atoms with Gasteiger partial charge in [0, 0.05) is 19.1 Å². The third-order valence-corrected chi connectivity index (χ3v) is 3.57. The molecule has 0 unspecified atom stereocenters. The Labute approximate surface area is 140 Å². The normalized spacial score (nSPS) is 10.8. The Kier molecular flexibility index (Phi) is 4.20. The van der Waals surface area contributed by atoms with Crippen LogP contribution in [0, 0.1) is 27.2 Å². The summed E-state index contributed by atoms with van der Waals surface area (Å²) >= 11 is 0. The van der Waals surface area contributed by atoms with Gasteiger partial charge in [-0.2, -0.15) is 0 Å². The zero-order valence-corrected chi connectivity index (χ0v) is 13.0. The first-order valence-electron chi connectivity index (χ1n) is 7.16. The maximum absolute atomic E-state index is 11.0. The molecule has 0 spiro atoms. The minimum Gasteiger partial charge on any atom is -0.473 e. The Morgan fingerprint density at radius 2 is 1.96 bits per heavy atom. The van der Waals surface area contributed by atoms with E-state index in [1.54, 1.807) is 6.92 Å².